The molecule has 0 amide bonds. The van der Waals surface area contributed by atoms with Gasteiger partial charge in [-0.2, -0.15) is 0 Å². The second-order valence-electron chi connectivity index (χ2n) is 13.0. The van der Waals surface area contributed by atoms with Crippen molar-refractivity contribution in [3.8, 4) is 0 Å². The summed E-state index contributed by atoms with van der Waals surface area (Å²) in [5, 5.41) is 9.54. The number of rotatable bonds is 35. The van der Waals surface area contributed by atoms with Crippen molar-refractivity contribution in [3.63, 3.8) is 0 Å². The van der Waals surface area contributed by atoms with Gasteiger partial charge in [-0.15, -0.1) is 0 Å². The molecule has 1 atom stereocenters. The standard InChI is InChI=1S/C41H74O5/c1-3-5-7-9-11-13-15-17-18-19-20-21-22-24-25-27-29-31-33-35-40(43)45-38-39(37-42)46-41(44)36-34-32-30-28-26-23-16-14-12-10-8-6-4-2/h11,13-14,16-18,39,42H,3-10,12,15,19-38H2,1-2H3/t39-/m0/s1. The van der Waals surface area contributed by atoms with Crippen molar-refractivity contribution in [3.05, 3.63) is 36.5 Å². The molecule has 268 valence electrons. The average molecular weight is 647 g/mol. The summed E-state index contributed by atoms with van der Waals surface area (Å²) in [6, 6.07) is 0. The maximum Gasteiger partial charge on any atom is 0.306 e. The molecule has 0 aromatic heterocycles. The van der Waals surface area contributed by atoms with Crippen LogP contribution in [0.1, 0.15) is 194 Å². The van der Waals surface area contributed by atoms with Crippen molar-refractivity contribution in [1.82, 2.24) is 0 Å². The van der Waals surface area contributed by atoms with Gasteiger partial charge in [0.1, 0.15) is 6.61 Å². The second kappa shape index (κ2) is 37.6. The molecule has 5 heteroatoms. The number of carbonyl (C=O) groups excluding carboxylic acids is 2. The molecule has 0 aromatic rings. The summed E-state index contributed by atoms with van der Waals surface area (Å²) < 4.78 is 10.6. The molecule has 0 unspecified atom stereocenters. The zero-order chi connectivity index (χ0) is 33.6. The summed E-state index contributed by atoms with van der Waals surface area (Å²) in [5.41, 5.74) is 0. The number of allylic oxidation sites excluding steroid dienone is 6. The molecule has 0 spiro atoms. The molecule has 0 aliphatic heterocycles. The third-order valence-electron chi connectivity index (χ3n) is 8.41. The molecule has 0 aliphatic carbocycles. The molecule has 0 heterocycles. The van der Waals surface area contributed by atoms with E-state index in [9.17, 15) is 14.7 Å². The summed E-state index contributed by atoms with van der Waals surface area (Å²) in [6.07, 6.45) is 44.8. The third-order valence-corrected chi connectivity index (χ3v) is 8.41. The van der Waals surface area contributed by atoms with E-state index in [1.165, 1.54) is 116 Å². The molecule has 0 saturated heterocycles. The van der Waals surface area contributed by atoms with Gasteiger partial charge in [0, 0.05) is 12.8 Å². The Labute approximate surface area is 285 Å². The van der Waals surface area contributed by atoms with Crippen molar-refractivity contribution in [2.75, 3.05) is 13.2 Å². The minimum Gasteiger partial charge on any atom is -0.462 e. The molecule has 0 rings (SSSR count). The van der Waals surface area contributed by atoms with Crippen LogP contribution in [0.5, 0.6) is 0 Å². The number of hydrogen-bond acceptors (Lipinski definition) is 5. The first-order chi connectivity index (χ1) is 22.6. The number of unbranched alkanes of at least 4 members (excludes halogenated alkanes) is 21. The van der Waals surface area contributed by atoms with Crippen molar-refractivity contribution < 1.29 is 24.2 Å². The zero-order valence-electron chi connectivity index (χ0n) is 30.3. The summed E-state index contributed by atoms with van der Waals surface area (Å²) in [5.74, 6) is -0.604. The predicted octanol–water partition coefficient (Wildman–Crippen LogP) is 12.1. The Bertz CT molecular complexity index is 741. The first-order valence-corrected chi connectivity index (χ1v) is 19.5. The van der Waals surface area contributed by atoms with Gasteiger partial charge in [-0.25, -0.2) is 0 Å². The molecule has 1 N–H and O–H groups in total. The van der Waals surface area contributed by atoms with Crippen LogP contribution in [0.3, 0.4) is 0 Å². The fraction of sp³-hybridized carbons (Fsp3) is 0.805. The predicted molar refractivity (Wildman–Crippen MR) is 196 cm³/mol. The third kappa shape index (κ3) is 35.0. The second-order valence-corrected chi connectivity index (χ2v) is 13.0. The molecule has 5 nitrogen and oxygen atoms in total. The lowest BCUT2D eigenvalue weighted by Gasteiger charge is -2.15. The summed E-state index contributed by atoms with van der Waals surface area (Å²) in [6.45, 7) is 4.08. The molecule has 0 fully saturated rings. The number of ether oxygens (including phenoxy) is 2. The summed E-state index contributed by atoms with van der Waals surface area (Å²) in [4.78, 5) is 24.2. The van der Waals surface area contributed by atoms with Gasteiger partial charge in [-0.05, 0) is 70.6 Å². The van der Waals surface area contributed by atoms with Crippen LogP contribution in [0, 0.1) is 0 Å². The van der Waals surface area contributed by atoms with Crippen molar-refractivity contribution >= 4 is 11.9 Å². The van der Waals surface area contributed by atoms with Crippen molar-refractivity contribution in [1.29, 1.82) is 0 Å². The SMILES string of the molecule is CCCCCC=CCC=CCCCCCCCCCCCC(=O)OC[C@H](CO)OC(=O)CCCCCCCC=CCCCCCC. The van der Waals surface area contributed by atoms with Crippen molar-refractivity contribution in [2.45, 2.75) is 200 Å². The summed E-state index contributed by atoms with van der Waals surface area (Å²) >= 11 is 0. The highest BCUT2D eigenvalue weighted by Gasteiger charge is 2.16. The van der Waals surface area contributed by atoms with Crippen LogP contribution < -0.4 is 0 Å². The number of aliphatic hydroxyl groups is 1. The van der Waals surface area contributed by atoms with E-state index in [1.807, 2.05) is 0 Å². The van der Waals surface area contributed by atoms with Crippen LogP contribution in [0.4, 0.5) is 0 Å². The first-order valence-electron chi connectivity index (χ1n) is 19.5. The molecular weight excluding hydrogens is 572 g/mol. The van der Waals surface area contributed by atoms with Crippen LogP contribution in [0.2, 0.25) is 0 Å². The van der Waals surface area contributed by atoms with Gasteiger partial charge in [-0.1, -0.05) is 147 Å². The van der Waals surface area contributed by atoms with Gasteiger partial charge in [0.05, 0.1) is 6.61 Å². The lowest BCUT2D eigenvalue weighted by Crippen LogP contribution is -2.28. The van der Waals surface area contributed by atoms with Crippen LogP contribution in [0.15, 0.2) is 36.5 Å². The molecular formula is C41H74O5. The monoisotopic (exact) mass is 647 g/mol. The van der Waals surface area contributed by atoms with Crippen LogP contribution >= 0.6 is 0 Å². The van der Waals surface area contributed by atoms with Gasteiger partial charge in [0.25, 0.3) is 0 Å². The number of esters is 2. The van der Waals surface area contributed by atoms with Crippen LogP contribution in [0.25, 0.3) is 0 Å². The van der Waals surface area contributed by atoms with E-state index in [1.54, 1.807) is 0 Å². The zero-order valence-corrected chi connectivity index (χ0v) is 30.3. The molecule has 0 aromatic carbocycles. The maximum absolute atomic E-state index is 12.1. The quantitative estimate of drug-likeness (QED) is 0.0421. The number of carbonyl (C=O) groups is 2. The van der Waals surface area contributed by atoms with E-state index < -0.39 is 6.10 Å². The Morgan fingerprint density at radius 1 is 0.500 bits per heavy atom. The van der Waals surface area contributed by atoms with E-state index in [4.69, 9.17) is 9.47 Å². The minimum atomic E-state index is -0.775. The highest BCUT2D eigenvalue weighted by atomic mass is 16.6. The van der Waals surface area contributed by atoms with Gasteiger partial charge in [-0.3, -0.25) is 9.59 Å². The van der Waals surface area contributed by atoms with E-state index >= 15 is 0 Å². The van der Waals surface area contributed by atoms with Gasteiger partial charge < -0.3 is 14.6 Å². The topological polar surface area (TPSA) is 72.8 Å². The van der Waals surface area contributed by atoms with E-state index in [0.29, 0.717) is 12.8 Å². The average Bonchev–Trinajstić information content (AvgIpc) is 3.06. The highest BCUT2D eigenvalue weighted by molar-refractivity contribution is 5.70. The Kier molecular flexibility index (Phi) is 36.0. The lowest BCUT2D eigenvalue weighted by atomic mass is 10.1. The lowest BCUT2D eigenvalue weighted by molar-refractivity contribution is -0.161. The Hall–Kier alpha value is -1.88. The molecule has 0 radical (unpaired) electrons. The van der Waals surface area contributed by atoms with Gasteiger partial charge in [0.15, 0.2) is 6.10 Å². The number of aliphatic hydroxyl groups excluding tert-OH is 1. The van der Waals surface area contributed by atoms with Crippen molar-refractivity contribution in [2.24, 2.45) is 0 Å². The molecule has 0 aliphatic rings. The fourth-order valence-electron chi connectivity index (χ4n) is 5.40. The Morgan fingerprint density at radius 3 is 1.35 bits per heavy atom. The Morgan fingerprint density at radius 2 is 0.870 bits per heavy atom. The largest absolute Gasteiger partial charge is 0.462 e. The molecule has 0 bridgehead atoms. The normalized spacial score (nSPS) is 12.5. The van der Waals surface area contributed by atoms with Crippen LogP contribution in [-0.2, 0) is 19.1 Å². The highest BCUT2D eigenvalue weighted by Crippen LogP contribution is 2.13. The van der Waals surface area contributed by atoms with Gasteiger partial charge >= 0.3 is 11.9 Å². The van der Waals surface area contributed by atoms with Crippen LogP contribution in [-0.4, -0.2) is 36.4 Å². The maximum atomic E-state index is 12.1. The van der Waals surface area contributed by atoms with E-state index in [2.05, 4.69) is 50.3 Å². The smallest absolute Gasteiger partial charge is 0.306 e. The molecule has 46 heavy (non-hydrogen) atoms. The minimum absolute atomic E-state index is 0.0703. The fourth-order valence-corrected chi connectivity index (χ4v) is 5.40. The van der Waals surface area contributed by atoms with E-state index in [0.717, 1.165) is 51.4 Å². The first kappa shape index (κ1) is 44.1. The van der Waals surface area contributed by atoms with Gasteiger partial charge in [0.2, 0.25) is 0 Å². The summed E-state index contributed by atoms with van der Waals surface area (Å²) in [7, 11) is 0. The van der Waals surface area contributed by atoms with E-state index in [-0.39, 0.29) is 25.2 Å². The molecule has 0 saturated carbocycles. The number of hydrogen-bond donors (Lipinski definition) is 1. The Balaban J connectivity index is 3.56.